The Morgan fingerprint density at radius 1 is 1.18 bits per heavy atom. The van der Waals surface area contributed by atoms with Crippen molar-refractivity contribution in [3.05, 3.63) is 0 Å². The molecule has 0 N–H and O–H groups in total. The molecule has 1 rings (SSSR count). The lowest BCUT2D eigenvalue weighted by Crippen LogP contribution is -2.14. The first-order chi connectivity index (χ1) is 5.29. The standard InChI is InChI=1S/C9H18N2/c1-11(2)8-10-9-6-4-3-5-7-9/h8-9H,3-7H2,1-2H3/b10-8-. The minimum absolute atomic E-state index is 0.617. The van der Waals surface area contributed by atoms with E-state index in [4.69, 9.17) is 0 Å². The highest BCUT2D eigenvalue weighted by atomic mass is 15.1. The zero-order valence-corrected chi connectivity index (χ0v) is 7.58. The van der Waals surface area contributed by atoms with Crippen molar-refractivity contribution in [1.29, 1.82) is 0 Å². The minimum atomic E-state index is 0.617. The summed E-state index contributed by atoms with van der Waals surface area (Å²) in [5, 5.41) is 0. The number of nitrogens with zero attached hydrogens (tertiary/aromatic N) is 2. The molecule has 0 heterocycles. The molecule has 0 atom stereocenters. The van der Waals surface area contributed by atoms with Crippen LogP contribution < -0.4 is 0 Å². The third-order valence-corrected chi connectivity index (χ3v) is 2.08. The number of hydrogen-bond acceptors (Lipinski definition) is 1. The first kappa shape index (κ1) is 8.57. The Labute approximate surface area is 69.3 Å². The average Bonchev–Trinajstić information content (AvgIpc) is 2.03. The molecule has 0 amide bonds. The first-order valence-corrected chi connectivity index (χ1v) is 4.49. The van der Waals surface area contributed by atoms with E-state index in [1.165, 1.54) is 32.1 Å². The van der Waals surface area contributed by atoms with Crippen LogP contribution in [0.4, 0.5) is 0 Å². The van der Waals surface area contributed by atoms with Crippen LogP contribution in [0, 0.1) is 0 Å². The fourth-order valence-corrected chi connectivity index (χ4v) is 1.46. The number of hydrogen-bond donors (Lipinski definition) is 0. The molecule has 0 spiro atoms. The van der Waals surface area contributed by atoms with Gasteiger partial charge in [-0.25, -0.2) is 0 Å². The lowest BCUT2D eigenvalue weighted by molar-refractivity contribution is 0.440. The van der Waals surface area contributed by atoms with E-state index in [1.54, 1.807) is 0 Å². The van der Waals surface area contributed by atoms with E-state index in [0.29, 0.717) is 6.04 Å². The molecule has 0 unspecified atom stereocenters. The molecule has 0 radical (unpaired) electrons. The summed E-state index contributed by atoms with van der Waals surface area (Å²) in [6.07, 6.45) is 8.68. The van der Waals surface area contributed by atoms with Crippen molar-refractivity contribution in [2.24, 2.45) is 4.99 Å². The van der Waals surface area contributed by atoms with Gasteiger partial charge in [0.2, 0.25) is 0 Å². The van der Waals surface area contributed by atoms with E-state index in [2.05, 4.69) is 4.99 Å². The van der Waals surface area contributed by atoms with Gasteiger partial charge in [-0.2, -0.15) is 0 Å². The molecule has 1 aliphatic rings. The van der Waals surface area contributed by atoms with Gasteiger partial charge in [-0.15, -0.1) is 0 Å². The Bertz CT molecular complexity index is 124. The van der Waals surface area contributed by atoms with E-state index >= 15 is 0 Å². The van der Waals surface area contributed by atoms with Crippen LogP contribution in [0.15, 0.2) is 4.99 Å². The Kier molecular flexibility index (Phi) is 3.40. The maximum Gasteiger partial charge on any atom is 0.0848 e. The lowest BCUT2D eigenvalue weighted by Gasteiger charge is -2.17. The molecule has 0 saturated heterocycles. The van der Waals surface area contributed by atoms with Crippen LogP contribution in [0.25, 0.3) is 0 Å². The highest BCUT2D eigenvalue weighted by molar-refractivity contribution is 5.54. The Balaban J connectivity index is 2.23. The van der Waals surface area contributed by atoms with Gasteiger partial charge in [-0.05, 0) is 12.8 Å². The van der Waals surface area contributed by atoms with Gasteiger partial charge in [0.05, 0.1) is 12.4 Å². The van der Waals surface area contributed by atoms with Gasteiger partial charge in [-0.1, -0.05) is 19.3 Å². The summed E-state index contributed by atoms with van der Waals surface area (Å²) in [6, 6.07) is 0.617. The van der Waals surface area contributed by atoms with Crippen molar-refractivity contribution >= 4 is 6.34 Å². The molecule has 1 aliphatic carbocycles. The summed E-state index contributed by atoms with van der Waals surface area (Å²) in [5.74, 6) is 0. The van der Waals surface area contributed by atoms with Crippen LogP contribution in [-0.2, 0) is 0 Å². The van der Waals surface area contributed by atoms with Crippen LogP contribution in [0.1, 0.15) is 32.1 Å². The monoisotopic (exact) mass is 154 g/mol. The topological polar surface area (TPSA) is 15.6 Å². The van der Waals surface area contributed by atoms with E-state index in [-0.39, 0.29) is 0 Å². The summed E-state index contributed by atoms with van der Waals surface area (Å²) in [4.78, 5) is 6.49. The van der Waals surface area contributed by atoms with Crippen molar-refractivity contribution in [2.45, 2.75) is 38.1 Å². The third-order valence-electron chi connectivity index (χ3n) is 2.08. The molecule has 0 aliphatic heterocycles. The Morgan fingerprint density at radius 3 is 2.36 bits per heavy atom. The maximum atomic E-state index is 4.48. The molecule has 2 heteroatoms. The lowest BCUT2D eigenvalue weighted by atomic mass is 9.96. The summed E-state index contributed by atoms with van der Waals surface area (Å²) in [5.41, 5.74) is 0. The van der Waals surface area contributed by atoms with Gasteiger partial charge < -0.3 is 4.90 Å². The fourth-order valence-electron chi connectivity index (χ4n) is 1.46. The predicted molar refractivity (Wildman–Crippen MR) is 49.1 cm³/mol. The van der Waals surface area contributed by atoms with E-state index in [1.807, 2.05) is 25.3 Å². The molecule has 2 nitrogen and oxygen atoms in total. The molecule has 1 saturated carbocycles. The molecule has 64 valence electrons. The summed E-state index contributed by atoms with van der Waals surface area (Å²) in [7, 11) is 4.04. The second-order valence-electron chi connectivity index (χ2n) is 3.52. The van der Waals surface area contributed by atoms with Gasteiger partial charge in [0.15, 0.2) is 0 Å². The van der Waals surface area contributed by atoms with Crippen molar-refractivity contribution < 1.29 is 0 Å². The van der Waals surface area contributed by atoms with Crippen molar-refractivity contribution in [1.82, 2.24) is 4.90 Å². The summed E-state index contributed by atoms with van der Waals surface area (Å²) >= 11 is 0. The molecular formula is C9H18N2. The second-order valence-corrected chi connectivity index (χ2v) is 3.52. The SMILES string of the molecule is CN(C)/C=N\C1CCCCC1. The first-order valence-electron chi connectivity index (χ1n) is 4.49. The average molecular weight is 154 g/mol. The molecule has 0 aromatic heterocycles. The molecule has 1 fully saturated rings. The van der Waals surface area contributed by atoms with Gasteiger partial charge >= 0.3 is 0 Å². The molecule has 0 bridgehead atoms. The van der Waals surface area contributed by atoms with Crippen LogP contribution in [0.3, 0.4) is 0 Å². The zero-order chi connectivity index (χ0) is 8.10. The van der Waals surface area contributed by atoms with Gasteiger partial charge in [0, 0.05) is 14.1 Å². The summed E-state index contributed by atoms with van der Waals surface area (Å²) < 4.78 is 0. The molecule has 0 aromatic carbocycles. The molecule has 0 aromatic rings. The van der Waals surface area contributed by atoms with Crippen molar-refractivity contribution in [3.8, 4) is 0 Å². The summed E-state index contributed by atoms with van der Waals surface area (Å²) in [6.45, 7) is 0. The second kappa shape index (κ2) is 4.37. The maximum absolute atomic E-state index is 4.48. The number of rotatable bonds is 2. The van der Waals surface area contributed by atoms with Gasteiger partial charge in [0.1, 0.15) is 0 Å². The normalized spacial score (nSPS) is 20.9. The Morgan fingerprint density at radius 2 is 1.82 bits per heavy atom. The highest BCUT2D eigenvalue weighted by Gasteiger charge is 2.10. The largest absolute Gasteiger partial charge is 0.369 e. The number of aliphatic imine (C=N–C) groups is 1. The van der Waals surface area contributed by atoms with Gasteiger partial charge in [0.25, 0.3) is 0 Å². The third kappa shape index (κ3) is 3.40. The fraction of sp³-hybridized carbons (Fsp3) is 0.889. The smallest absolute Gasteiger partial charge is 0.0848 e. The Hall–Kier alpha value is -0.530. The molecule has 11 heavy (non-hydrogen) atoms. The van der Waals surface area contributed by atoms with Crippen LogP contribution in [-0.4, -0.2) is 31.4 Å². The van der Waals surface area contributed by atoms with Crippen molar-refractivity contribution in [2.75, 3.05) is 14.1 Å². The van der Waals surface area contributed by atoms with E-state index in [9.17, 15) is 0 Å². The van der Waals surface area contributed by atoms with Gasteiger partial charge in [-0.3, -0.25) is 4.99 Å². The zero-order valence-electron chi connectivity index (χ0n) is 7.58. The van der Waals surface area contributed by atoms with Crippen LogP contribution in [0.5, 0.6) is 0 Å². The van der Waals surface area contributed by atoms with Crippen molar-refractivity contribution in [3.63, 3.8) is 0 Å². The van der Waals surface area contributed by atoms with E-state index in [0.717, 1.165) is 0 Å². The minimum Gasteiger partial charge on any atom is -0.369 e. The van der Waals surface area contributed by atoms with Crippen LogP contribution >= 0.6 is 0 Å². The predicted octanol–water partition coefficient (Wildman–Crippen LogP) is 1.91. The quantitative estimate of drug-likeness (QED) is 0.438. The molecular weight excluding hydrogens is 136 g/mol. The highest BCUT2D eigenvalue weighted by Crippen LogP contribution is 2.19. The van der Waals surface area contributed by atoms with Crippen LogP contribution in [0.2, 0.25) is 0 Å². The van der Waals surface area contributed by atoms with E-state index < -0.39 is 0 Å².